The van der Waals surface area contributed by atoms with E-state index >= 15 is 0 Å². The number of anilines is 1. The largest absolute Gasteiger partial charge is 0.339 e. The average molecular weight is 455 g/mol. The predicted molar refractivity (Wildman–Crippen MR) is 115 cm³/mol. The van der Waals surface area contributed by atoms with Crippen LogP contribution in [0.4, 0.5) is 5.69 Å². The van der Waals surface area contributed by atoms with Gasteiger partial charge in [0.1, 0.15) is 0 Å². The standard InChI is InChI=1S/C21H21N5O5S/c27-19-8-3-9-20(28)26(19)11-12-32(29,30)25-17-7-2-1-5-15(17)13-18-23-21(24-31-18)16-6-4-10-22-14-16/h1-2,4-7,10,14,25H,3,8-9,11-13H2. The monoisotopic (exact) mass is 455 g/mol. The Hall–Kier alpha value is -3.60. The average Bonchev–Trinajstić information content (AvgIpc) is 3.24. The number of para-hydroxylation sites is 1. The molecule has 0 bridgehead atoms. The van der Waals surface area contributed by atoms with Crippen molar-refractivity contribution in [3.05, 3.63) is 60.2 Å². The molecule has 3 heterocycles. The van der Waals surface area contributed by atoms with E-state index in [-0.39, 0.29) is 43.4 Å². The number of nitrogens with one attached hydrogen (secondary N) is 1. The van der Waals surface area contributed by atoms with E-state index in [0.717, 1.165) is 4.90 Å². The minimum absolute atomic E-state index is 0.173. The van der Waals surface area contributed by atoms with Crippen LogP contribution < -0.4 is 4.72 Å². The lowest BCUT2D eigenvalue weighted by Crippen LogP contribution is -2.43. The van der Waals surface area contributed by atoms with Crippen molar-refractivity contribution in [3.8, 4) is 11.4 Å². The van der Waals surface area contributed by atoms with Gasteiger partial charge in [-0.15, -0.1) is 0 Å². The second kappa shape index (κ2) is 9.27. The Morgan fingerprint density at radius 3 is 2.59 bits per heavy atom. The van der Waals surface area contributed by atoms with Crippen molar-refractivity contribution in [1.82, 2.24) is 20.0 Å². The molecule has 4 rings (SSSR count). The Bertz CT molecular complexity index is 1210. The predicted octanol–water partition coefficient (Wildman–Crippen LogP) is 2.00. The molecule has 0 aliphatic carbocycles. The van der Waals surface area contributed by atoms with Gasteiger partial charge in [-0.25, -0.2) is 8.42 Å². The van der Waals surface area contributed by atoms with Crippen LogP contribution in [0, 0.1) is 0 Å². The molecule has 0 radical (unpaired) electrons. The molecule has 1 aliphatic heterocycles. The van der Waals surface area contributed by atoms with Crippen LogP contribution in [0.5, 0.6) is 0 Å². The highest BCUT2D eigenvalue weighted by atomic mass is 32.2. The summed E-state index contributed by atoms with van der Waals surface area (Å²) in [6.45, 7) is -0.173. The summed E-state index contributed by atoms with van der Waals surface area (Å²) in [6, 6.07) is 10.4. The van der Waals surface area contributed by atoms with E-state index in [1.54, 1.807) is 42.7 Å². The number of pyridine rings is 1. The maximum atomic E-state index is 12.6. The number of carbonyl (C=O) groups excluding carboxylic acids is 2. The number of piperidine rings is 1. The molecule has 1 aromatic carbocycles. The minimum Gasteiger partial charge on any atom is -0.339 e. The first-order valence-corrected chi connectivity index (χ1v) is 11.7. The smallest absolute Gasteiger partial charge is 0.234 e. The molecule has 1 N–H and O–H groups in total. The SMILES string of the molecule is O=C1CCCC(=O)N1CCS(=O)(=O)Nc1ccccc1Cc1nc(-c2cccnc2)no1. The van der Waals surface area contributed by atoms with Crippen LogP contribution in [-0.2, 0) is 26.0 Å². The number of carbonyl (C=O) groups is 2. The molecule has 3 aromatic rings. The molecule has 1 saturated heterocycles. The zero-order valence-corrected chi connectivity index (χ0v) is 17.9. The van der Waals surface area contributed by atoms with Crippen LogP contribution in [-0.4, -0.2) is 52.6 Å². The lowest BCUT2D eigenvalue weighted by atomic mass is 10.1. The summed E-state index contributed by atoms with van der Waals surface area (Å²) < 4.78 is 33.1. The quantitative estimate of drug-likeness (QED) is 0.510. The zero-order valence-electron chi connectivity index (χ0n) is 17.1. The molecule has 32 heavy (non-hydrogen) atoms. The Kier molecular flexibility index (Phi) is 6.26. The van der Waals surface area contributed by atoms with Gasteiger partial charge in [0.25, 0.3) is 0 Å². The fraction of sp³-hybridized carbons (Fsp3) is 0.286. The van der Waals surface area contributed by atoms with Gasteiger partial charge >= 0.3 is 0 Å². The number of benzene rings is 1. The van der Waals surface area contributed by atoms with E-state index in [4.69, 9.17) is 4.52 Å². The molecule has 0 atom stereocenters. The normalized spacial score (nSPS) is 14.6. The Balaban J connectivity index is 1.45. The van der Waals surface area contributed by atoms with E-state index in [0.29, 0.717) is 35.0 Å². The highest BCUT2D eigenvalue weighted by molar-refractivity contribution is 7.92. The molecule has 2 amide bonds. The van der Waals surface area contributed by atoms with Crippen LogP contribution in [0.2, 0.25) is 0 Å². The lowest BCUT2D eigenvalue weighted by Gasteiger charge is -2.24. The maximum Gasteiger partial charge on any atom is 0.234 e. The summed E-state index contributed by atoms with van der Waals surface area (Å²) in [6.07, 6.45) is 4.50. The summed E-state index contributed by atoms with van der Waals surface area (Å²) in [5.41, 5.74) is 1.71. The van der Waals surface area contributed by atoms with Gasteiger partial charge in [0.05, 0.1) is 17.9 Å². The van der Waals surface area contributed by atoms with Gasteiger partial charge in [-0.3, -0.25) is 24.2 Å². The van der Waals surface area contributed by atoms with Crippen molar-refractivity contribution in [1.29, 1.82) is 0 Å². The number of aromatic nitrogens is 3. The number of sulfonamides is 1. The number of hydrogen-bond donors (Lipinski definition) is 1. The van der Waals surface area contributed by atoms with Crippen LogP contribution in [0.1, 0.15) is 30.7 Å². The third-order valence-corrected chi connectivity index (χ3v) is 6.23. The topological polar surface area (TPSA) is 135 Å². The molecule has 0 spiro atoms. The van der Waals surface area contributed by atoms with Crippen molar-refractivity contribution in [2.75, 3.05) is 17.0 Å². The maximum absolute atomic E-state index is 12.6. The molecule has 2 aromatic heterocycles. The number of likely N-dealkylation sites (tertiary alicyclic amines) is 1. The summed E-state index contributed by atoms with van der Waals surface area (Å²) >= 11 is 0. The van der Waals surface area contributed by atoms with Gasteiger partial charge < -0.3 is 4.52 Å². The summed E-state index contributed by atoms with van der Waals surface area (Å²) in [4.78, 5) is 33.2. The van der Waals surface area contributed by atoms with E-state index in [9.17, 15) is 18.0 Å². The van der Waals surface area contributed by atoms with Gasteiger partial charge in [0.15, 0.2) is 0 Å². The van der Waals surface area contributed by atoms with Gasteiger partial charge in [0, 0.05) is 37.3 Å². The lowest BCUT2D eigenvalue weighted by molar-refractivity contribution is -0.147. The highest BCUT2D eigenvalue weighted by Crippen LogP contribution is 2.22. The number of imide groups is 1. The Morgan fingerprint density at radius 1 is 1.06 bits per heavy atom. The minimum atomic E-state index is -3.80. The van der Waals surface area contributed by atoms with Crippen LogP contribution in [0.3, 0.4) is 0 Å². The Morgan fingerprint density at radius 2 is 1.84 bits per heavy atom. The molecule has 166 valence electrons. The summed E-state index contributed by atoms with van der Waals surface area (Å²) in [5.74, 6) is -0.345. The molecular formula is C21H21N5O5S. The van der Waals surface area contributed by atoms with Gasteiger partial charge in [-0.2, -0.15) is 4.98 Å². The number of hydrogen-bond acceptors (Lipinski definition) is 8. The van der Waals surface area contributed by atoms with Gasteiger partial charge in [0.2, 0.25) is 33.6 Å². The fourth-order valence-corrected chi connectivity index (χ4v) is 4.41. The van der Waals surface area contributed by atoms with Crippen molar-refractivity contribution >= 4 is 27.5 Å². The Labute approximate surface area is 184 Å². The highest BCUT2D eigenvalue weighted by Gasteiger charge is 2.27. The number of amides is 2. The van der Waals surface area contributed by atoms with Gasteiger partial charge in [-0.1, -0.05) is 23.4 Å². The van der Waals surface area contributed by atoms with Crippen LogP contribution >= 0.6 is 0 Å². The van der Waals surface area contributed by atoms with Crippen molar-refractivity contribution in [2.45, 2.75) is 25.7 Å². The summed E-state index contributed by atoms with van der Waals surface area (Å²) in [7, 11) is -3.80. The molecule has 1 aliphatic rings. The number of nitrogens with zero attached hydrogens (tertiary/aromatic N) is 4. The molecule has 1 fully saturated rings. The first-order valence-electron chi connectivity index (χ1n) is 10.1. The van der Waals surface area contributed by atoms with Crippen molar-refractivity contribution in [2.24, 2.45) is 0 Å². The van der Waals surface area contributed by atoms with Gasteiger partial charge in [-0.05, 0) is 30.2 Å². The van der Waals surface area contributed by atoms with Crippen molar-refractivity contribution in [3.63, 3.8) is 0 Å². The molecule has 0 unspecified atom stereocenters. The van der Waals surface area contributed by atoms with Crippen LogP contribution in [0.15, 0.2) is 53.3 Å². The van der Waals surface area contributed by atoms with E-state index in [2.05, 4.69) is 19.8 Å². The molecule has 0 saturated carbocycles. The third kappa shape index (κ3) is 5.17. The van der Waals surface area contributed by atoms with E-state index in [1.807, 2.05) is 6.07 Å². The first kappa shape index (κ1) is 21.6. The second-order valence-electron chi connectivity index (χ2n) is 7.30. The molecule has 11 heteroatoms. The number of rotatable bonds is 8. The summed E-state index contributed by atoms with van der Waals surface area (Å²) in [5, 5.41) is 3.95. The van der Waals surface area contributed by atoms with E-state index in [1.165, 1.54) is 0 Å². The molecule has 10 nitrogen and oxygen atoms in total. The van der Waals surface area contributed by atoms with Crippen LogP contribution in [0.25, 0.3) is 11.4 Å². The molecular weight excluding hydrogens is 434 g/mol. The third-order valence-electron chi connectivity index (χ3n) is 4.98. The first-order chi connectivity index (χ1) is 15.4. The van der Waals surface area contributed by atoms with E-state index < -0.39 is 10.0 Å². The zero-order chi connectivity index (χ0) is 22.6. The second-order valence-corrected chi connectivity index (χ2v) is 9.14. The van der Waals surface area contributed by atoms with Crippen molar-refractivity contribution < 1.29 is 22.5 Å². The fourth-order valence-electron chi connectivity index (χ4n) is 3.36.